The molecule has 0 unspecified atom stereocenters. The van der Waals surface area contributed by atoms with Crippen molar-refractivity contribution in [2.45, 2.75) is 103 Å². The van der Waals surface area contributed by atoms with E-state index in [1.165, 1.54) is 103 Å². The largest absolute Gasteiger partial charge is 1.00 e. The van der Waals surface area contributed by atoms with E-state index >= 15 is 0 Å². The standard InChI is InChI=1S/C24H44N4.2ClH/c1-25-19-21-27(23-25)17-15-13-11-9-7-5-3-4-6-8-10-12-14-16-18-28-22-20-26(2)24-28;;/h19-24H,3-18H2,1-2H3;2*1H/q+2;;/p-2. The maximum Gasteiger partial charge on any atom is 0.243 e. The van der Waals surface area contributed by atoms with E-state index in [1.807, 2.05) is 0 Å². The molecule has 4 nitrogen and oxygen atoms in total. The molecule has 0 saturated heterocycles. The number of hydrogen-bond donors (Lipinski definition) is 0. The van der Waals surface area contributed by atoms with Crippen LogP contribution in [0.3, 0.4) is 0 Å². The fraction of sp³-hybridized carbons (Fsp3) is 0.750. The summed E-state index contributed by atoms with van der Waals surface area (Å²) in [7, 11) is 4.17. The van der Waals surface area contributed by atoms with Crippen molar-refractivity contribution in [2.75, 3.05) is 0 Å². The van der Waals surface area contributed by atoms with E-state index < -0.39 is 0 Å². The normalized spacial score (nSPS) is 10.6. The van der Waals surface area contributed by atoms with Gasteiger partial charge in [-0.05, 0) is 25.7 Å². The maximum absolute atomic E-state index is 2.29. The van der Waals surface area contributed by atoms with Crippen LogP contribution in [0.4, 0.5) is 0 Å². The van der Waals surface area contributed by atoms with Crippen molar-refractivity contribution < 1.29 is 33.9 Å². The number of unbranched alkanes of at least 4 members (excludes halogenated alkanes) is 13. The van der Waals surface area contributed by atoms with Gasteiger partial charge in [-0.1, -0.05) is 64.2 Å². The Hall–Kier alpha value is -1.00. The number of imidazole rings is 2. The Kier molecular flexibility index (Phi) is 18.1. The van der Waals surface area contributed by atoms with Crippen LogP contribution in [0.25, 0.3) is 0 Å². The van der Waals surface area contributed by atoms with E-state index in [1.54, 1.807) is 0 Å². The third kappa shape index (κ3) is 14.1. The van der Waals surface area contributed by atoms with Crippen molar-refractivity contribution in [3.63, 3.8) is 0 Å². The zero-order valence-electron chi connectivity index (χ0n) is 19.3. The van der Waals surface area contributed by atoms with Crippen LogP contribution < -0.4 is 33.9 Å². The highest BCUT2D eigenvalue weighted by Crippen LogP contribution is 2.13. The first-order valence-corrected chi connectivity index (χ1v) is 11.8. The first-order chi connectivity index (χ1) is 13.7. The highest BCUT2D eigenvalue weighted by atomic mass is 35.5. The van der Waals surface area contributed by atoms with Crippen LogP contribution in [0, 0.1) is 0 Å². The van der Waals surface area contributed by atoms with Crippen LogP contribution in [-0.4, -0.2) is 9.13 Å². The predicted octanol–water partition coefficient (Wildman–Crippen LogP) is -0.892. The Morgan fingerprint density at radius 1 is 0.467 bits per heavy atom. The van der Waals surface area contributed by atoms with E-state index in [-0.39, 0.29) is 24.8 Å². The summed E-state index contributed by atoms with van der Waals surface area (Å²) < 4.78 is 8.82. The van der Waals surface area contributed by atoms with E-state index in [0.29, 0.717) is 0 Å². The highest BCUT2D eigenvalue weighted by Gasteiger charge is 2.00. The van der Waals surface area contributed by atoms with Gasteiger partial charge in [-0.2, -0.15) is 0 Å². The third-order valence-electron chi connectivity index (χ3n) is 5.73. The molecule has 0 radical (unpaired) electrons. The summed E-state index contributed by atoms with van der Waals surface area (Å²) in [5.41, 5.74) is 0. The molecule has 0 fully saturated rings. The first-order valence-electron chi connectivity index (χ1n) is 11.8. The van der Waals surface area contributed by atoms with Crippen LogP contribution in [0.15, 0.2) is 37.4 Å². The van der Waals surface area contributed by atoms with Crippen molar-refractivity contribution in [1.82, 2.24) is 9.13 Å². The van der Waals surface area contributed by atoms with E-state index in [0.717, 1.165) is 0 Å². The van der Waals surface area contributed by atoms with Gasteiger partial charge in [-0.3, -0.25) is 0 Å². The van der Waals surface area contributed by atoms with Gasteiger partial charge in [0.1, 0.15) is 24.8 Å². The lowest BCUT2D eigenvalue weighted by molar-refractivity contribution is -0.671. The summed E-state index contributed by atoms with van der Waals surface area (Å²) in [4.78, 5) is 0. The Balaban J connectivity index is 0.00000420. The molecular formula is C24H44Cl2N4. The molecule has 6 heteroatoms. The summed E-state index contributed by atoms with van der Waals surface area (Å²) in [6.45, 7) is 2.35. The Morgan fingerprint density at radius 2 is 0.733 bits per heavy atom. The third-order valence-corrected chi connectivity index (χ3v) is 5.73. The summed E-state index contributed by atoms with van der Waals surface area (Å²) in [6, 6.07) is 0. The van der Waals surface area contributed by atoms with Crippen molar-refractivity contribution in [2.24, 2.45) is 14.1 Å². The topological polar surface area (TPSA) is 17.6 Å². The Morgan fingerprint density at radius 3 is 0.967 bits per heavy atom. The molecule has 0 amide bonds. The smallest absolute Gasteiger partial charge is 0.243 e. The average molecular weight is 460 g/mol. The van der Waals surface area contributed by atoms with E-state index in [9.17, 15) is 0 Å². The molecule has 0 atom stereocenters. The predicted molar refractivity (Wildman–Crippen MR) is 116 cm³/mol. The lowest BCUT2D eigenvalue weighted by atomic mass is 10.0. The number of hydrogen-bond acceptors (Lipinski definition) is 0. The molecule has 0 aliphatic heterocycles. The van der Waals surface area contributed by atoms with Gasteiger partial charge in [0.2, 0.25) is 12.7 Å². The average Bonchev–Trinajstić information content (AvgIpc) is 3.29. The lowest BCUT2D eigenvalue weighted by Crippen LogP contribution is -3.00. The minimum absolute atomic E-state index is 0. The molecule has 0 bridgehead atoms. The van der Waals surface area contributed by atoms with Gasteiger partial charge in [-0.15, -0.1) is 0 Å². The Labute approximate surface area is 197 Å². The number of aromatic nitrogens is 4. The molecule has 174 valence electrons. The van der Waals surface area contributed by atoms with Crippen LogP contribution in [0.1, 0.15) is 89.9 Å². The minimum atomic E-state index is 0. The minimum Gasteiger partial charge on any atom is -1.00 e. The zero-order chi connectivity index (χ0) is 19.9. The Bertz CT molecular complexity index is 570. The van der Waals surface area contributed by atoms with Crippen molar-refractivity contribution >= 4 is 0 Å². The highest BCUT2D eigenvalue weighted by molar-refractivity contribution is 4.66. The molecule has 2 aromatic rings. The van der Waals surface area contributed by atoms with Gasteiger partial charge in [0, 0.05) is 0 Å². The molecule has 2 aromatic heterocycles. The van der Waals surface area contributed by atoms with Gasteiger partial charge in [0.15, 0.2) is 0 Å². The lowest BCUT2D eigenvalue weighted by Gasteiger charge is -2.03. The van der Waals surface area contributed by atoms with Crippen molar-refractivity contribution in [1.29, 1.82) is 0 Å². The molecule has 0 spiro atoms. The van der Waals surface area contributed by atoms with Gasteiger partial charge in [0.25, 0.3) is 0 Å². The molecule has 0 aliphatic carbocycles. The molecule has 0 aromatic carbocycles. The van der Waals surface area contributed by atoms with Gasteiger partial charge >= 0.3 is 0 Å². The fourth-order valence-corrected chi connectivity index (χ4v) is 3.98. The summed E-state index contributed by atoms with van der Waals surface area (Å²) >= 11 is 0. The SMILES string of the molecule is C[n+]1ccn(CCCCCCCCCCCCCCCCn2cc[n+](C)c2)c1.[Cl-].[Cl-]. The van der Waals surface area contributed by atoms with Crippen LogP contribution in [-0.2, 0) is 27.2 Å². The summed E-state index contributed by atoms with van der Waals surface area (Å²) in [5, 5.41) is 0. The molecule has 2 heterocycles. The molecule has 30 heavy (non-hydrogen) atoms. The van der Waals surface area contributed by atoms with Crippen LogP contribution >= 0.6 is 0 Å². The molecule has 0 N–H and O–H groups in total. The maximum atomic E-state index is 2.29. The summed E-state index contributed by atoms with van der Waals surface area (Å²) in [5.74, 6) is 0. The van der Waals surface area contributed by atoms with Crippen LogP contribution in [0.2, 0.25) is 0 Å². The summed E-state index contributed by atoms with van der Waals surface area (Å²) in [6.07, 6.45) is 32.7. The van der Waals surface area contributed by atoms with Gasteiger partial charge in [-0.25, -0.2) is 18.3 Å². The second kappa shape index (κ2) is 18.7. The fourth-order valence-electron chi connectivity index (χ4n) is 3.98. The number of rotatable bonds is 17. The second-order valence-corrected chi connectivity index (χ2v) is 8.58. The molecule has 2 rings (SSSR count). The molecule has 0 aliphatic rings. The van der Waals surface area contributed by atoms with Crippen molar-refractivity contribution in [3.8, 4) is 0 Å². The second-order valence-electron chi connectivity index (χ2n) is 8.58. The van der Waals surface area contributed by atoms with Crippen molar-refractivity contribution in [3.05, 3.63) is 37.4 Å². The monoisotopic (exact) mass is 458 g/mol. The quantitative estimate of drug-likeness (QED) is 0.216. The number of aryl methyl sites for hydroxylation is 4. The number of halogens is 2. The molecule has 0 saturated carbocycles. The molecular weight excluding hydrogens is 415 g/mol. The van der Waals surface area contributed by atoms with E-state index in [4.69, 9.17) is 0 Å². The zero-order valence-corrected chi connectivity index (χ0v) is 20.8. The van der Waals surface area contributed by atoms with Gasteiger partial charge < -0.3 is 24.8 Å². The van der Waals surface area contributed by atoms with Crippen LogP contribution in [0.5, 0.6) is 0 Å². The first kappa shape index (κ1) is 29.0. The van der Waals surface area contributed by atoms with Gasteiger partial charge in [0.05, 0.1) is 27.2 Å². The van der Waals surface area contributed by atoms with E-state index in [2.05, 4.69) is 69.8 Å². The number of nitrogens with zero attached hydrogens (tertiary/aromatic N) is 4.